The Morgan fingerprint density at radius 1 is 1.26 bits per heavy atom. The normalized spacial score (nSPS) is 21.2. The summed E-state index contributed by atoms with van der Waals surface area (Å²) >= 11 is 0. The number of sulfonamides is 1. The molecule has 19 heavy (non-hydrogen) atoms. The summed E-state index contributed by atoms with van der Waals surface area (Å²) in [5, 5.41) is 5.17. The van der Waals surface area contributed by atoms with E-state index in [1.165, 1.54) is 12.5 Å². The molecule has 0 aliphatic carbocycles. The van der Waals surface area contributed by atoms with E-state index >= 15 is 0 Å². The van der Waals surface area contributed by atoms with Gasteiger partial charge in [0.15, 0.2) is 0 Å². The van der Waals surface area contributed by atoms with E-state index in [9.17, 15) is 8.42 Å². The lowest BCUT2D eigenvalue weighted by Crippen LogP contribution is -2.25. The smallest absolute Gasteiger partial charge is 0.238 e. The fourth-order valence-corrected chi connectivity index (χ4v) is 3.01. The lowest BCUT2D eigenvalue weighted by Gasteiger charge is -2.24. The van der Waals surface area contributed by atoms with Gasteiger partial charge in [-0.3, -0.25) is 0 Å². The Bertz CT molecular complexity index is 557. The van der Waals surface area contributed by atoms with Gasteiger partial charge in [-0.15, -0.1) is 0 Å². The van der Waals surface area contributed by atoms with Crippen LogP contribution in [0.2, 0.25) is 0 Å². The number of primary sulfonamides is 1. The molecule has 4 N–H and O–H groups in total. The highest BCUT2D eigenvalue weighted by Crippen LogP contribution is 2.29. The number of anilines is 2. The first-order valence-corrected chi connectivity index (χ1v) is 8.10. The quantitative estimate of drug-likeness (QED) is 0.806. The van der Waals surface area contributed by atoms with E-state index in [1.807, 2.05) is 0 Å². The molecule has 1 aromatic rings. The lowest BCUT2D eigenvalue weighted by molar-refractivity contribution is 0.521. The first-order valence-electron chi connectivity index (χ1n) is 6.55. The standard InChI is InChI=1S/C13H21N3O2S/c1-10-3-2-7-16(8-6-10)13-9-11(19(15,17)18)4-5-12(13)14/h4-5,9-10H,2-3,6-8,14H2,1H3,(H2,15,17,18). The molecule has 1 fully saturated rings. The van der Waals surface area contributed by atoms with Crippen molar-refractivity contribution in [2.24, 2.45) is 11.1 Å². The van der Waals surface area contributed by atoms with Crippen LogP contribution < -0.4 is 15.8 Å². The molecule has 0 spiro atoms. The maximum Gasteiger partial charge on any atom is 0.238 e. The van der Waals surface area contributed by atoms with E-state index in [-0.39, 0.29) is 4.90 Å². The zero-order chi connectivity index (χ0) is 14.0. The molecule has 6 heteroatoms. The molecule has 1 aliphatic heterocycles. The summed E-state index contributed by atoms with van der Waals surface area (Å²) in [6.07, 6.45) is 3.39. The van der Waals surface area contributed by atoms with E-state index in [0.717, 1.165) is 31.6 Å². The summed E-state index contributed by atoms with van der Waals surface area (Å²) < 4.78 is 22.8. The van der Waals surface area contributed by atoms with E-state index in [0.29, 0.717) is 11.6 Å². The minimum absolute atomic E-state index is 0.119. The number of hydrogen-bond acceptors (Lipinski definition) is 4. The molecule has 106 valence electrons. The van der Waals surface area contributed by atoms with Gasteiger partial charge in [-0.1, -0.05) is 6.92 Å². The molecule has 1 aliphatic rings. The summed E-state index contributed by atoms with van der Waals surface area (Å²) in [5.41, 5.74) is 7.35. The average Bonchev–Trinajstić information content (AvgIpc) is 2.53. The molecule has 5 nitrogen and oxygen atoms in total. The van der Waals surface area contributed by atoms with Crippen molar-refractivity contribution in [2.45, 2.75) is 31.1 Å². The maximum absolute atomic E-state index is 11.4. The van der Waals surface area contributed by atoms with Gasteiger partial charge in [-0.2, -0.15) is 0 Å². The van der Waals surface area contributed by atoms with Crippen LogP contribution in [0.4, 0.5) is 11.4 Å². The predicted octanol–water partition coefficient (Wildman–Crippen LogP) is 1.54. The van der Waals surface area contributed by atoms with Crippen LogP contribution in [0.25, 0.3) is 0 Å². The lowest BCUT2D eigenvalue weighted by atomic mass is 10.0. The minimum Gasteiger partial charge on any atom is -0.397 e. The van der Waals surface area contributed by atoms with Gasteiger partial charge in [0.2, 0.25) is 10.0 Å². The number of nitrogens with two attached hydrogens (primary N) is 2. The first kappa shape index (κ1) is 14.1. The minimum atomic E-state index is -3.68. The number of hydrogen-bond donors (Lipinski definition) is 2. The Balaban J connectivity index is 2.33. The van der Waals surface area contributed by atoms with Gasteiger partial charge >= 0.3 is 0 Å². The SMILES string of the molecule is CC1CCCN(c2cc(S(N)(=O)=O)ccc2N)CC1. The van der Waals surface area contributed by atoms with Gasteiger partial charge in [0.1, 0.15) is 0 Å². The van der Waals surface area contributed by atoms with Gasteiger partial charge in [-0.05, 0) is 43.4 Å². The van der Waals surface area contributed by atoms with Gasteiger partial charge in [0, 0.05) is 13.1 Å². The molecule has 1 unspecified atom stereocenters. The number of nitrogen functional groups attached to an aromatic ring is 1. The van der Waals surface area contributed by atoms with Crippen molar-refractivity contribution >= 4 is 21.4 Å². The molecular weight excluding hydrogens is 262 g/mol. The second-order valence-corrected chi connectivity index (χ2v) is 6.85. The molecule has 0 saturated carbocycles. The van der Waals surface area contributed by atoms with Gasteiger partial charge in [0.05, 0.1) is 16.3 Å². The Kier molecular flexibility index (Phi) is 4.01. The van der Waals surface area contributed by atoms with Crippen molar-refractivity contribution in [1.29, 1.82) is 0 Å². The number of rotatable bonds is 2. The number of nitrogens with zero attached hydrogens (tertiary/aromatic N) is 1. The topological polar surface area (TPSA) is 89.4 Å². The Hall–Kier alpha value is -1.27. The molecule has 1 heterocycles. The van der Waals surface area contributed by atoms with Crippen LogP contribution in [0, 0.1) is 5.92 Å². The molecule has 0 radical (unpaired) electrons. The van der Waals surface area contributed by atoms with Crippen LogP contribution in [0.15, 0.2) is 23.1 Å². The van der Waals surface area contributed by atoms with Crippen molar-refractivity contribution in [3.8, 4) is 0 Å². The zero-order valence-electron chi connectivity index (χ0n) is 11.2. The first-order chi connectivity index (χ1) is 8.88. The zero-order valence-corrected chi connectivity index (χ0v) is 12.0. The molecule has 2 rings (SSSR count). The molecule has 1 atom stereocenters. The molecule has 1 saturated heterocycles. The Morgan fingerprint density at radius 3 is 2.68 bits per heavy atom. The highest BCUT2D eigenvalue weighted by Gasteiger charge is 2.18. The van der Waals surface area contributed by atoms with Gasteiger partial charge < -0.3 is 10.6 Å². The van der Waals surface area contributed by atoms with E-state index in [4.69, 9.17) is 10.9 Å². The van der Waals surface area contributed by atoms with Crippen molar-refractivity contribution in [1.82, 2.24) is 0 Å². The summed E-state index contributed by atoms with van der Waals surface area (Å²) in [7, 11) is -3.68. The summed E-state index contributed by atoms with van der Waals surface area (Å²) in [6.45, 7) is 4.05. The van der Waals surface area contributed by atoms with Crippen molar-refractivity contribution in [2.75, 3.05) is 23.7 Å². The highest BCUT2D eigenvalue weighted by atomic mass is 32.2. The van der Waals surface area contributed by atoms with Crippen molar-refractivity contribution in [3.63, 3.8) is 0 Å². The van der Waals surface area contributed by atoms with Crippen LogP contribution in [0.1, 0.15) is 26.2 Å². The third-order valence-electron chi connectivity index (χ3n) is 3.69. The third-order valence-corrected chi connectivity index (χ3v) is 4.60. The van der Waals surface area contributed by atoms with Crippen LogP contribution in [0.5, 0.6) is 0 Å². The summed E-state index contributed by atoms with van der Waals surface area (Å²) in [6, 6.07) is 4.65. The third kappa shape index (κ3) is 3.39. The van der Waals surface area contributed by atoms with Crippen LogP contribution >= 0.6 is 0 Å². The second-order valence-electron chi connectivity index (χ2n) is 5.29. The molecule has 1 aromatic carbocycles. The Labute approximate surface area is 114 Å². The van der Waals surface area contributed by atoms with Crippen LogP contribution in [0.3, 0.4) is 0 Å². The Morgan fingerprint density at radius 2 is 2.00 bits per heavy atom. The van der Waals surface area contributed by atoms with E-state index in [1.54, 1.807) is 12.1 Å². The largest absolute Gasteiger partial charge is 0.397 e. The predicted molar refractivity (Wildman–Crippen MR) is 77.5 cm³/mol. The van der Waals surface area contributed by atoms with Crippen LogP contribution in [-0.2, 0) is 10.0 Å². The van der Waals surface area contributed by atoms with Crippen molar-refractivity contribution in [3.05, 3.63) is 18.2 Å². The van der Waals surface area contributed by atoms with E-state index in [2.05, 4.69) is 11.8 Å². The summed E-state index contributed by atoms with van der Waals surface area (Å²) in [4.78, 5) is 2.28. The summed E-state index contributed by atoms with van der Waals surface area (Å²) in [5.74, 6) is 0.702. The molecular formula is C13H21N3O2S. The van der Waals surface area contributed by atoms with Gasteiger partial charge in [-0.25, -0.2) is 13.6 Å². The van der Waals surface area contributed by atoms with Crippen LogP contribution in [-0.4, -0.2) is 21.5 Å². The monoisotopic (exact) mass is 283 g/mol. The fraction of sp³-hybridized carbons (Fsp3) is 0.538. The van der Waals surface area contributed by atoms with Gasteiger partial charge in [0.25, 0.3) is 0 Å². The molecule has 0 bridgehead atoms. The van der Waals surface area contributed by atoms with E-state index < -0.39 is 10.0 Å². The van der Waals surface area contributed by atoms with Crippen molar-refractivity contribution < 1.29 is 8.42 Å². The fourth-order valence-electron chi connectivity index (χ4n) is 2.48. The molecule has 0 amide bonds. The maximum atomic E-state index is 11.4. The second kappa shape index (κ2) is 5.38. The molecule has 0 aromatic heterocycles. The average molecular weight is 283 g/mol. The number of benzene rings is 1. The highest BCUT2D eigenvalue weighted by molar-refractivity contribution is 7.89.